The number of rotatable bonds is 5. The first kappa shape index (κ1) is 15.9. The van der Waals surface area contributed by atoms with E-state index in [1.54, 1.807) is 0 Å². The zero-order valence-electron chi connectivity index (χ0n) is 13.0. The molecule has 0 heterocycles. The number of carbonyl (C=O) groups excluding carboxylic acids is 2. The van der Waals surface area contributed by atoms with Crippen molar-refractivity contribution in [1.82, 2.24) is 4.90 Å². The van der Waals surface area contributed by atoms with Crippen LogP contribution in [0.3, 0.4) is 0 Å². The highest BCUT2D eigenvalue weighted by molar-refractivity contribution is 6.19. The molecule has 0 unspecified atom stereocenters. The number of nitrogens with zero attached hydrogens (tertiary/aromatic N) is 1. The van der Waals surface area contributed by atoms with Gasteiger partial charge in [-0.25, -0.2) is 0 Å². The predicted molar refractivity (Wildman–Crippen MR) is 77.9 cm³/mol. The minimum absolute atomic E-state index is 0.0613. The van der Waals surface area contributed by atoms with Crippen LogP contribution in [0.2, 0.25) is 0 Å². The van der Waals surface area contributed by atoms with Crippen molar-refractivity contribution in [3.8, 4) is 0 Å². The molecular formula is C16H27NO2. The van der Waals surface area contributed by atoms with Crippen molar-refractivity contribution in [3.05, 3.63) is 11.1 Å². The molecule has 0 saturated heterocycles. The molecule has 0 radical (unpaired) electrons. The van der Waals surface area contributed by atoms with Crippen LogP contribution in [0.1, 0.15) is 66.7 Å². The van der Waals surface area contributed by atoms with E-state index in [-0.39, 0.29) is 17.7 Å². The normalized spacial score (nSPS) is 17.6. The van der Waals surface area contributed by atoms with Crippen molar-refractivity contribution >= 4 is 11.7 Å². The Balaban J connectivity index is 3.07. The molecule has 1 aliphatic rings. The summed E-state index contributed by atoms with van der Waals surface area (Å²) in [6.07, 6.45) is 5.26. The number of allylic oxidation sites excluding steroid dienone is 1. The van der Waals surface area contributed by atoms with Gasteiger partial charge in [0.05, 0.1) is 5.57 Å². The van der Waals surface area contributed by atoms with Gasteiger partial charge in [-0.15, -0.1) is 0 Å². The molecule has 1 rings (SSSR count). The van der Waals surface area contributed by atoms with E-state index in [0.29, 0.717) is 11.6 Å². The summed E-state index contributed by atoms with van der Waals surface area (Å²) in [6, 6.07) is 0.459. The number of hydrogen-bond acceptors (Lipinski definition) is 2. The number of amides is 1. The molecule has 0 aromatic carbocycles. The second-order valence-corrected chi connectivity index (χ2v) is 5.81. The first-order chi connectivity index (χ1) is 8.90. The van der Waals surface area contributed by atoms with Crippen LogP contribution < -0.4 is 0 Å². The Hall–Kier alpha value is -1.12. The summed E-state index contributed by atoms with van der Waals surface area (Å²) in [7, 11) is 0. The lowest BCUT2D eigenvalue weighted by Crippen LogP contribution is -2.45. The molecule has 108 valence electrons. The largest absolute Gasteiger partial charge is 0.333 e. The highest BCUT2D eigenvalue weighted by Crippen LogP contribution is 2.27. The first-order valence-corrected chi connectivity index (χ1v) is 7.43. The minimum atomic E-state index is -0.104. The monoisotopic (exact) mass is 265 g/mol. The zero-order chi connectivity index (χ0) is 14.6. The Morgan fingerprint density at radius 1 is 1.16 bits per heavy atom. The summed E-state index contributed by atoms with van der Waals surface area (Å²) in [5, 5.41) is 0. The molecule has 1 amide bonds. The van der Waals surface area contributed by atoms with Crippen molar-refractivity contribution in [2.75, 3.05) is 0 Å². The van der Waals surface area contributed by atoms with Gasteiger partial charge in [-0.1, -0.05) is 25.3 Å². The van der Waals surface area contributed by atoms with E-state index in [1.807, 2.05) is 32.6 Å². The number of Topliss-reactive ketones (excluding diaryl/α,β-unsaturated/α-hetero) is 1. The highest BCUT2D eigenvalue weighted by Gasteiger charge is 2.32. The van der Waals surface area contributed by atoms with Gasteiger partial charge in [-0.3, -0.25) is 9.59 Å². The van der Waals surface area contributed by atoms with Crippen molar-refractivity contribution in [2.45, 2.75) is 78.8 Å². The predicted octanol–water partition coefficient (Wildman–Crippen LogP) is 3.48. The van der Waals surface area contributed by atoms with Crippen LogP contribution in [0.25, 0.3) is 0 Å². The van der Waals surface area contributed by atoms with E-state index in [0.717, 1.165) is 24.8 Å². The fourth-order valence-corrected chi connectivity index (χ4v) is 2.94. The third-order valence-corrected chi connectivity index (χ3v) is 4.03. The molecule has 0 spiro atoms. The molecule has 0 N–H and O–H groups in total. The quantitative estimate of drug-likeness (QED) is 0.433. The van der Waals surface area contributed by atoms with E-state index in [9.17, 15) is 9.59 Å². The molecule has 3 heteroatoms. The molecule has 3 nitrogen and oxygen atoms in total. The van der Waals surface area contributed by atoms with E-state index >= 15 is 0 Å². The van der Waals surface area contributed by atoms with Gasteiger partial charge in [0.1, 0.15) is 0 Å². The summed E-state index contributed by atoms with van der Waals surface area (Å²) in [5.41, 5.74) is 1.31. The summed E-state index contributed by atoms with van der Waals surface area (Å²) in [4.78, 5) is 26.5. The third-order valence-electron chi connectivity index (χ3n) is 4.03. The van der Waals surface area contributed by atoms with E-state index in [2.05, 4.69) is 0 Å². The van der Waals surface area contributed by atoms with Gasteiger partial charge < -0.3 is 4.90 Å². The number of carbonyl (C=O) groups is 2. The maximum Gasteiger partial charge on any atom is 0.257 e. The fraction of sp³-hybridized carbons (Fsp3) is 0.750. The number of hydrogen-bond donors (Lipinski definition) is 0. The first-order valence-electron chi connectivity index (χ1n) is 7.43. The fourth-order valence-electron chi connectivity index (χ4n) is 2.94. The summed E-state index contributed by atoms with van der Waals surface area (Å²) < 4.78 is 0. The lowest BCUT2D eigenvalue weighted by Gasteiger charge is -2.33. The van der Waals surface area contributed by atoms with Crippen LogP contribution in [0.5, 0.6) is 0 Å². The van der Waals surface area contributed by atoms with Gasteiger partial charge >= 0.3 is 0 Å². The average Bonchev–Trinajstić information content (AvgIpc) is 2.81. The Morgan fingerprint density at radius 2 is 1.68 bits per heavy atom. The SMILES string of the molecule is CC/C(C)=C(/C(C)=O)C(=O)N(C(C)C)C1CCCC1. The van der Waals surface area contributed by atoms with Crippen molar-refractivity contribution in [2.24, 2.45) is 0 Å². The van der Waals surface area contributed by atoms with Crippen LogP contribution in [0, 0.1) is 0 Å². The van der Waals surface area contributed by atoms with Crippen LogP contribution in [-0.2, 0) is 9.59 Å². The van der Waals surface area contributed by atoms with Gasteiger partial charge in [0.2, 0.25) is 0 Å². The highest BCUT2D eigenvalue weighted by atomic mass is 16.2. The molecule has 0 aliphatic heterocycles. The van der Waals surface area contributed by atoms with E-state index in [4.69, 9.17) is 0 Å². The van der Waals surface area contributed by atoms with Gasteiger partial charge in [0.25, 0.3) is 5.91 Å². The topological polar surface area (TPSA) is 37.4 Å². The molecule has 0 bridgehead atoms. The van der Waals surface area contributed by atoms with E-state index in [1.165, 1.54) is 19.8 Å². The summed E-state index contributed by atoms with van der Waals surface area (Å²) in [6.45, 7) is 9.45. The second-order valence-electron chi connectivity index (χ2n) is 5.81. The molecular weight excluding hydrogens is 238 g/mol. The second kappa shape index (κ2) is 6.88. The van der Waals surface area contributed by atoms with Crippen LogP contribution in [-0.4, -0.2) is 28.7 Å². The maximum atomic E-state index is 12.8. The Kier molecular flexibility index (Phi) is 5.77. The Labute approximate surface area is 117 Å². The summed E-state index contributed by atoms with van der Waals surface area (Å²) >= 11 is 0. The lowest BCUT2D eigenvalue weighted by atomic mass is 10.0. The smallest absolute Gasteiger partial charge is 0.257 e. The lowest BCUT2D eigenvalue weighted by molar-refractivity contribution is -0.133. The zero-order valence-corrected chi connectivity index (χ0v) is 13.0. The number of ketones is 1. The standard InChI is InChI=1S/C16H27NO2/c1-6-12(4)15(13(5)18)16(19)17(11(2)3)14-9-7-8-10-14/h11,14H,6-10H2,1-5H3/b15-12-. The maximum absolute atomic E-state index is 12.8. The average molecular weight is 265 g/mol. The Bertz CT molecular complexity index is 376. The van der Waals surface area contributed by atoms with Crippen molar-refractivity contribution in [1.29, 1.82) is 0 Å². The third kappa shape index (κ3) is 3.68. The minimum Gasteiger partial charge on any atom is -0.333 e. The van der Waals surface area contributed by atoms with E-state index < -0.39 is 0 Å². The van der Waals surface area contributed by atoms with Crippen molar-refractivity contribution < 1.29 is 9.59 Å². The molecule has 19 heavy (non-hydrogen) atoms. The Morgan fingerprint density at radius 3 is 2.05 bits per heavy atom. The molecule has 0 aromatic heterocycles. The van der Waals surface area contributed by atoms with Gasteiger partial charge in [0.15, 0.2) is 5.78 Å². The molecule has 0 atom stereocenters. The molecule has 0 aromatic rings. The molecule has 1 aliphatic carbocycles. The molecule has 1 fully saturated rings. The van der Waals surface area contributed by atoms with Crippen LogP contribution in [0.15, 0.2) is 11.1 Å². The van der Waals surface area contributed by atoms with Gasteiger partial charge in [0, 0.05) is 12.1 Å². The van der Waals surface area contributed by atoms with Crippen LogP contribution >= 0.6 is 0 Å². The van der Waals surface area contributed by atoms with Crippen molar-refractivity contribution in [3.63, 3.8) is 0 Å². The van der Waals surface area contributed by atoms with Gasteiger partial charge in [-0.2, -0.15) is 0 Å². The summed E-state index contributed by atoms with van der Waals surface area (Å²) in [5.74, 6) is -0.165. The molecule has 1 saturated carbocycles. The van der Waals surface area contributed by atoms with Crippen LogP contribution in [0.4, 0.5) is 0 Å². The van der Waals surface area contributed by atoms with Gasteiger partial charge in [-0.05, 0) is 47.0 Å².